The minimum absolute atomic E-state index is 0.0255. The second-order valence-electron chi connectivity index (χ2n) is 6.16. The van der Waals surface area contributed by atoms with Crippen LogP contribution in [0.2, 0.25) is 0 Å². The molecule has 1 unspecified atom stereocenters. The molecular formula is C18H23N5O4. The molecule has 0 saturated heterocycles. The van der Waals surface area contributed by atoms with Gasteiger partial charge < -0.3 is 24.7 Å². The maximum Gasteiger partial charge on any atom is 0.269 e. The zero-order valence-electron chi connectivity index (χ0n) is 15.4. The Morgan fingerprint density at radius 1 is 1.26 bits per heavy atom. The molecule has 2 amide bonds. The molecule has 3 rings (SSSR count). The molecule has 0 fully saturated rings. The van der Waals surface area contributed by atoms with Crippen LogP contribution in [0, 0.1) is 0 Å². The van der Waals surface area contributed by atoms with E-state index in [1.165, 1.54) is 13.3 Å². The summed E-state index contributed by atoms with van der Waals surface area (Å²) in [5.74, 6) is 0.837. The molecule has 0 bridgehead atoms. The SMILES string of the molecule is COCCNC(=O)c1cnc2n1C(CNC(=O)c1ccncc1OC)CC2. The summed E-state index contributed by atoms with van der Waals surface area (Å²) in [5, 5.41) is 5.72. The molecule has 9 heteroatoms. The Kier molecular flexibility index (Phi) is 6.02. The van der Waals surface area contributed by atoms with Gasteiger partial charge in [0.25, 0.3) is 11.8 Å². The van der Waals surface area contributed by atoms with Crippen LogP contribution in [0.4, 0.5) is 0 Å². The summed E-state index contributed by atoms with van der Waals surface area (Å²) in [6, 6.07) is 1.59. The van der Waals surface area contributed by atoms with Crippen molar-refractivity contribution in [3.63, 3.8) is 0 Å². The fourth-order valence-electron chi connectivity index (χ4n) is 3.17. The van der Waals surface area contributed by atoms with Gasteiger partial charge >= 0.3 is 0 Å². The lowest BCUT2D eigenvalue weighted by molar-refractivity contribution is 0.0926. The Hall–Kier alpha value is -2.94. The minimum atomic E-state index is -0.242. The maximum absolute atomic E-state index is 12.5. The molecule has 1 aliphatic heterocycles. The largest absolute Gasteiger partial charge is 0.494 e. The molecule has 0 spiro atoms. The molecular weight excluding hydrogens is 350 g/mol. The maximum atomic E-state index is 12.5. The molecule has 1 aliphatic rings. The second kappa shape index (κ2) is 8.63. The van der Waals surface area contributed by atoms with Crippen LogP contribution in [0.5, 0.6) is 5.75 Å². The Morgan fingerprint density at radius 3 is 2.89 bits per heavy atom. The third kappa shape index (κ3) is 4.08. The van der Waals surface area contributed by atoms with E-state index in [4.69, 9.17) is 9.47 Å². The van der Waals surface area contributed by atoms with Crippen LogP contribution < -0.4 is 15.4 Å². The molecule has 27 heavy (non-hydrogen) atoms. The van der Waals surface area contributed by atoms with E-state index in [0.717, 1.165) is 18.7 Å². The van der Waals surface area contributed by atoms with Crippen molar-refractivity contribution in [3.8, 4) is 5.75 Å². The van der Waals surface area contributed by atoms with Crippen LogP contribution in [0.15, 0.2) is 24.7 Å². The topological polar surface area (TPSA) is 107 Å². The first-order valence-corrected chi connectivity index (χ1v) is 8.75. The molecule has 144 valence electrons. The van der Waals surface area contributed by atoms with E-state index < -0.39 is 0 Å². The molecule has 0 aliphatic carbocycles. The van der Waals surface area contributed by atoms with Gasteiger partial charge in [0, 0.05) is 32.8 Å². The number of rotatable bonds is 8. The van der Waals surface area contributed by atoms with Crippen LogP contribution in [-0.4, -0.2) is 60.3 Å². The number of imidazole rings is 1. The molecule has 2 aromatic heterocycles. The minimum Gasteiger partial charge on any atom is -0.494 e. The summed E-state index contributed by atoms with van der Waals surface area (Å²) in [4.78, 5) is 33.2. The fraction of sp³-hybridized carbons (Fsp3) is 0.444. The number of aryl methyl sites for hydroxylation is 1. The molecule has 1 atom stereocenters. The smallest absolute Gasteiger partial charge is 0.269 e. The third-order valence-corrected chi connectivity index (χ3v) is 4.51. The fourth-order valence-corrected chi connectivity index (χ4v) is 3.17. The van der Waals surface area contributed by atoms with Crippen LogP contribution in [0.3, 0.4) is 0 Å². The molecule has 2 N–H and O–H groups in total. The van der Waals surface area contributed by atoms with E-state index in [9.17, 15) is 9.59 Å². The van der Waals surface area contributed by atoms with Gasteiger partial charge in [-0.15, -0.1) is 0 Å². The van der Waals surface area contributed by atoms with Gasteiger partial charge in [0.2, 0.25) is 0 Å². The van der Waals surface area contributed by atoms with Crippen LogP contribution in [0.25, 0.3) is 0 Å². The summed E-state index contributed by atoms with van der Waals surface area (Å²) in [7, 11) is 3.08. The molecule has 0 radical (unpaired) electrons. The average molecular weight is 373 g/mol. The highest BCUT2D eigenvalue weighted by atomic mass is 16.5. The summed E-state index contributed by atoms with van der Waals surface area (Å²) in [5.41, 5.74) is 0.924. The number of aromatic nitrogens is 3. The Balaban J connectivity index is 1.66. The number of carbonyl (C=O) groups is 2. The Morgan fingerprint density at radius 2 is 2.11 bits per heavy atom. The van der Waals surface area contributed by atoms with E-state index in [1.54, 1.807) is 25.6 Å². The van der Waals surface area contributed by atoms with Crippen LogP contribution in [0.1, 0.15) is 39.1 Å². The lowest BCUT2D eigenvalue weighted by Gasteiger charge is -2.17. The predicted octanol–water partition coefficient (Wildman–Crippen LogP) is 0.580. The van der Waals surface area contributed by atoms with Crippen molar-refractivity contribution in [1.29, 1.82) is 0 Å². The van der Waals surface area contributed by atoms with E-state index in [1.807, 2.05) is 4.57 Å². The monoisotopic (exact) mass is 373 g/mol. The number of amides is 2. The second-order valence-corrected chi connectivity index (χ2v) is 6.16. The normalized spacial score (nSPS) is 15.3. The highest BCUT2D eigenvalue weighted by Gasteiger charge is 2.28. The number of methoxy groups -OCH3 is 2. The number of nitrogens with zero attached hydrogens (tertiary/aromatic N) is 3. The van der Waals surface area contributed by atoms with Crippen LogP contribution >= 0.6 is 0 Å². The average Bonchev–Trinajstić information content (AvgIpc) is 3.28. The Labute approximate surface area is 157 Å². The Bertz CT molecular complexity index is 820. The molecule has 3 heterocycles. The number of nitrogens with one attached hydrogen (secondary N) is 2. The van der Waals surface area contributed by atoms with E-state index in [2.05, 4.69) is 20.6 Å². The third-order valence-electron chi connectivity index (χ3n) is 4.51. The number of fused-ring (bicyclic) bond motifs is 1. The van der Waals surface area contributed by atoms with Gasteiger partial charge in [0.1, 0.15) is 17.3 Å². The van der Waals surface area contributed by atoms with E-state index in [0.29, 0.717) is 36.7 Å². The zero-order valence-corrected chi connectivity index (χ0v) is 15.4. The van der Waals surface area contributed by atoms with Gasteiger partial charge in [-0.3, -0.25) is 14.6 Å². The van der Waals surface area contributed by atoms with Gasteiger partial charge in [0.05, 0.1) is 37.7 Å². The molecule has 0 saturated carbocycles. The number of pyridine rings is 1. The number of hydrogen-bond acceptors (Lipinski definition) is 6. The summed E-state index contributed by atoms with van der Waals surface area (Å²) in [6.07, 6.45) is 6.21. The van der Waals surface area contributed by atoms with Gasteiger partial charge in [0.15, 0.2) is 0 Å². The number of ether oxygens (including phenoxy) is 2. The standard InChI is InChI=1S/C18H23N5O4/c1-26-8-7-20-18(25)14-10-21-16-4-3-12(23(14)16)9-22-17(24)13-5-6-19-11-15(13)27-2/h5-6,10-12H,3-4,7-9H2,1-2H3,(H,20,25)(H,22,24). The quantitative estimate of drug-likeness (QED) is 0.656. The van der Waals surface area contributed by atoms with Gasteiger partial charge in [-0.05, 0) is 12.5 Å². The molecule has 9 nitrogen and oxygen atoms in total. The zero-order chi connectivity index (χ0) is 19.2. The highest BCUT2D eigenvalue weighted by Crippen LogP contribution is 2.27. The van der Waals surface area contributed by atoms with Crippen molar-refractivity contribution >= 4 is 11.8 Å². The van der Waals surface area contributed by atoms with Gasteiger partial charge in [-0.2, -0.15) is 0 Å². The number of carbonyl (C=O) groups excluding carboxylic acids is 2. The summed E-state index contributed by atoms with van der Waals surface area (Å²) < 4.78 is 12.0. The van der Waals surface area contributed by atoms with Crippen molar-refractivity contribution in [2.45, 2.75) is 18.9 Å². The molecule has 0 aromatic carbocycles. The molecule has 2 aromatic rings. The van der Waals surface area contributed by atoms with Gasteiger partial charge in [-0.1, -0.05) is 0 Å². The lowest BCUT2D eigenvalue weighted by Crippen LogP contribution is -2.33. The first kappa shape index (κ1) is 18.8. The van der Waals surface area contributed by atoms with Crippen molar-refractivity contribution in [2.24, 2.45) is 0 Å². The lowest BCUT2D eigenvalue weighted by atomic mass is 10.2. The van der Waals surface area contributed by atoms with Crippen molar-refractivity contribution in [1.82, 2.24) is 25.2 Å². The van der Waals surface area contributed by atoms with E-state index in [-0.39, 0.29) is 17.9 Å². The first-order valence-electron chi connectivity index (χ1n) is 8.75. The van der Waals surface area contributed by atoms with Crippen molar-refractivity contribution < 1.29 is 19.1 Å². The number of hydrogen-bond donors (Lipinski definition) is 2. The highest BCUT2D eigenvalue weighted by molar-refractivity contribution is 5.96. The first-order chi connectivity index (χ1) is 13.2. The van der Waals surface area contributed by atoms with Crippen molar-refractivity contribution in [2.75, 3.05) is 33.9 Å². The summed E-state index contributed by atoms with van der Waals surface area (Å²) >= 11 is 0. The van der Waals surface area contributed by atoms with Crippen molar-refractivity contribution in [3.05, 3.63) is 41.7 Å². The predicted molar refractivity (Wildman–Crippen MR) is 96.9 cm³/mol. The van der Waals surface area contributed by atoms with E-state index >= 15 is 0 Å². The van der Waals surface area contributed by atoms with Gasteiger partial charge in [-0.25, -0.2) is 4.98 Å². The van der Waals surface area contributed by atoms with Crippen LogP contribution in [-0.2, 0) is 11.2 Å². The summed E-state index contributed by atoms with van der Waals surface area (Å²) in [6.45, 7) is 1.27.